The normalized spacial score (nSPS) is 26.9. The number of rotatable bonds is 10. The highest BCUT2D eigenvalue weighted by Crippen LogP contribution is 2.49. The molecule has 4 nitrogen and oxygen atoms in total. The highest BCUT2D eigenvalue weighted by atomic mass is 32.2. The quantitative estimate of drug-likeness (QED) is 0.217. The summed E-state index contributed by atoms with van der Waals surface area (Å²) in [6.07, 6.45) is 8.85. The van der Waals surface area contributed by atoms with Crippen molar-refractivity contribution in [2.24, 2.45) is 17.8 Å². The number of aliphatic hydroxyl groups excluding tert-OH is 2. The van der Waals surface area contributed by atoms with Gasteiger partial charge in [0.25, 0.3) is 0 Å². The van der Waals surface area contributed by atoms with E-state index in [1.54, 1.807) is 11.8 Å². The van der Waals surface area contributed by atoms with Crippen molar-refractivity contribution in [3.63, 3.8) is 0 Å². The van der Waals surface area contributed by atoms with E-state index in [4.69, 9.17) is 5.11 Å². The van der Waals surface area contributed by atoms with Crippen molar-refractivity contribution in [1.29, 1.82) is 0 Å². The van der Waals surface area contributed by atoms with Crippen LogP contribution in [0.4, 0.5) is 0 Å². The molecular weight excluding hydrogens is 372 g/mol. The summed E-state index contributed by atoms with van der Waals surface area (Å²) < 4.78 is 0. The molecule has 0 aliphatic heterocycles. The van der Waals surface area contributed by atoms with Gasteiger partial charge >= 0.3 is 5.97 Å². The van der Waals surface area contributed by atoms with Crippen LogP contribution in [0.3, 0.4) is 0 Å². The smallest absolute Gasteiger partial charge is 0.303 e. The van der Waals surface area contributed by atoms with E-state index >= 15 is 0 Å². The van der Waals surface area contributed by atoms with E-state index in [-0.39, 0.29) is 18.3 Å². The van der Waals surface area contributed by atoms with E-state index in [9.17, 15) is 15.0 Å². The topological polar surface area (TPSA) is 77.8 Å². The molecule has 0 heterocycles. The predicted molar refractivity (Wildman–Crippen MR) is 112 cm³/mol. The van der Waals surface area contributed by atoms with Crippen LogP contribution >= 0.6 is 11.8 Å². The Bertz CT molecular complexity index is 713. The predicted octanol–water partition coefficient (Wildman–Crippen LogP) is 5.20. The van der Waals surface area contributed by atoms with Crippen LogP contribution in [-0.4, -0.2) is 33.1 Å². The molecule has 1 aromatic rings. The van der Waals surface area contributed by atoms with Crippen molar-refractivity contribution >= 4 is 17.7 Å². The summed E-state index contributed by atoms with van der Waals surface area (Å²) in [5.74, 6) is 0.957. The van der Waals surface area contributed by atoms with Gasteiger partial charge in [-0.15, -0.1) is 11.8 Å². The van der Waals surface area contributed by atoms with Gasteiger partial charge in [-0.25, -0.2) is 0 Å². The molecule has 0 unspecified atom stereocenters. The van der Waals surface area contributed by atoms with Crippen LogP contribution in [0.25, 0.3) is 0 Å². The third-order valence-corrected chi connectivity index (χ3v) is 6.90. The molecule has 4 atom stereocenters. The molecule has 0 amide bonds. The maximum Gasteiger partial charge on any atom is 0.303 e. The lowest BCUT2D eigenvalue weighted by Crippen LogP contribution is -2.21. The average molecular weight is 403 g/mol. The standard InChI is InChI=1S/C23H30O4S/c24-20(10-6-12-28-18-8-2-1-3-9-18)23-19-14-16(7-4-5-11-22(26)27)13-17(19)15-21(23)25/h1-3,8-10,13,17,19,21,23-25H,4-7,11-12,14-15H2,(H,26,27)/t17-,19-,21+,23-/m1/s1. The van der Waals surface area contributed by atoms with Crippen LogP contribution in [0.5, 0.6) is 0 Å². The first kappa shape index (κ1) is 21.0. The van der Waals surface area contributed by atoms with Crippen LogP contribution in [-0.2, 0) is 4.79 Å². The number of fused-ring (bicyclic) bond motifs is 1. The van der Waals surface area contributed by atoms with E-state index in [0.717, 1.165) is 31.4 Å². The fourth-order valence-corrected chi connectivity index (χ4v) is 5.38. The summed E-state index contributed by atoms with van der Waals surface area (Å²) in [5, 5.41) is 29.8. The van der Waals surface area contributed by atoms with Crippen LogP contribution < -0.4 is 0 Å². The number of thioether (sulfide) groups is 1. The number of carboxylic acid groups (broad SMARTS) is 1. The lowest BCUT2D eigenvalue weighted by molar-refractivity contribution is -0.137. The van der Waals surface area contributed by atoms with Gasteiger partial charge in [0, 0.05) is 23.0 Å². The number of benzene rings is 1. The molecule has 3 N–H and O–H groups in total. The Balaban J connectivity index is 1.47. The Labute approximate surface area is 171 Å². The molecule has 1 aromatic carbocycles. The molecule has 152 valence electrons. The number of hydrogen-bond donors (Lipinski definition) is 3. The molecule has 5 heteroatoms. The molecule has 2 aliphatic rings. The minimum absolute atomic E-state index is 0.167. The highest BCUT2D eigenvalue weighted by Gasteiger charge is 2.46. The van der Waals surface area contributed by atoms with Crippen molar-refractivity contribution in [2.75, 3.05) is 5.75 Å². The molecule has 0 saturated heterocycles. The first-order valence-electron chi connectivity index (χ1n) is 10.2. The number of unbranched alkanes of at least 4 members (excludes halogenated alkanes) is 1. The number of allylic oxidation sites excluding steroid dienone is 3. The summed E-state index contributed by atoms with van der Waals surface area (Å²) >= 11 is 1.77. The van der Waals surface area contributed by atoms with Gasteiger partial charge in [0.05, 0.1) is 11.9 Å². The van der Waals surface area contributed by atoms with Crippen molar-refractivity contribution in [3.05, 3.63) is 53.8 Å². The van der Waals surface area contributed by atoms with E-state index in [2.05, 4.69) is 18.2 Å². The zero-order chi connectivity index (χ0) is 19.9. The number of aliphatic carboxylic acids is 1. The van der Waals surface area contributed by atoms with E-state index < -0.39 is 12.1 Å². The average Bonchev–Trinajstić information content (AvgIpc) is 3.18. The number of hydrogen-bond acceptors (Lipinski definition) is 4. The zero-order valence-corrected chi connectivity index (χ0v) is 17.0. The lowest BCUT2D eigenvalue weighted by Gasteiger charge is -2.21. The molecule has 28 heavy (non-hydrogen) atoms. The van der Waals surface area contributed by atoms with Crippen LogP contribution in [0, 0.1) is 17.8 Å². The zero-order valence-electron chi connectivity index (χ0n) is 16.2. The van der Waals surface area contributed by atoms with Crippen LogP contribution in [0.15, 0.2) is 58.7 Å². The first-order chi connectivity index (χ1) is 13.5. The van der Waals surface area contributed by atoms with Crippen LogP contribution in [0.2, 0.25) is 0 Å². The SMILES string of the molecule is O=C(O)CCCCC1=C[C@@H]2C[C@H](O)[C@@H](C(O)=CCCSc3ccccc3)[C@@H]2C1. The summed E-state index contributed by atoms with van der Waals surface area (Å²) in [7, 11) is 0. The molecule has 3 rings (SSSR count). The minimum atomic E-state index is -0.735. The van der Waals surface area contributed by atoms with Gasteiger partial charge in [-0.05, 0) is 68.6 Å². The van der Waals surface area contributed by atoms with Crippen molar-refractivity contribution in [1.82, 2.24) is 0 Å². The van der Waals surface area contributed by atoms with Crippen molar-refractivity contribution in [2.45, 2.75) is 55.9 Å². The maximum absolute atomic E-state index is 10.6. The molecule has 0 aromatic heterocycles. The molecule has 0 spiro atoms. The Morgan fingerprint density at radius 1 is 1.18 bits per heavy atom. The second kappa shape index (κ2) is 10.2. The first-order valence-corrected chi connectivity index (χ1v) is 11.2. The Hall–Kier alpha value is -1.72. The third kappa shape index (κ3) is 5.65. The number of carbonyl (C=O) groups is 1. The largest absolute Gasteiger partial charge is 0.512 e. The van der Waals surface area contributed by atoms with Gasteiger partial charge in [0.1, 0.15) is 0 Å². The van der Waals surface area contributed by atoms with Crippen LogP contribution in [0.1, 0.15) is 44.9 Å². The van der Waals surface area contributed by atoms with Gasteiger partial charge in [0.15, 0.2) is 0 Å². The number of carboxylic acids is 1. The fourth-order valence-electron chi connectivity index (χ4n) is 4.56. The molecule has 0 radical (unpaired) electrons. The molecule has 1 saturated carbocycles. The summed E-state index contributed by atoms with van der Waals surface area (Å²) in [6, 6.07) is 10.2. The maximum atomic E-state index is 10.6. The Morgan fingerprint density at radius 3 is 2.71 bits per heavy atom. The van der Waals surface area contributed by atoms with Crippen molar-refractivity contribution in [3.8, 4) is 0 Å². The second-order valence-corrected chi connectivity index (χ2v) is 9.03. The third-order valence-electron chi connectivity index (χ3n) is 5.85. The summed E-state index contributed by atoms with van der Waals surface area (Å²) in [4.78, 5) is 11.8. The van der Waals surface area contributed by atoms with E-state index in [1.165, 1.54) is 10.5 Å². The molecule has 1 fully saturated rings. The van der Waals surface area contributed by atoms with Gasteiger partial charge in [-0.3, -0.25) is 4.79 Å². The van der Waals surface area contributed by atoms with Gasteiger partial charge in [0.2, 0.25) is 0 Å². The minimum Gasteiger partial charge on any atom is -0.512 e. The number of aliphatic hydroxyl groups is 2. The lowest BCUT2D eigenvalue weighted by atomic mass is 9.87. The summed E-state index contributed by atoms with van der Waals surface area (Å²) in [6.45, 7) is 0. The Morgan fingerprint density at radius 2 is 1.96 bits per heavy atom. The second-order valence-electron chi connectivity index (χ2n) is 7.87. The molecular formula is C23H30O4S. The van der Waals surface area contributed by atoms with Gasteiger partial charge in [-0.2, -0.15) is 0 Å². The summed E-state index contributed by atoms with van der Waals surface area (Å²) in [5.41, 5.74) is 1.37. The van der Waals surface area contributed by atoms with E-state index in [1.807, 2.05) is 24.3 Å². The molecule has 0 bridgehead atoms. The highest BCUT2D eigenvalue weighted by molar-refractivity contribution is 7.99. The monoisotopic (exact) mass is 402 g/mol. The van der Waals surface area contributed by atoms with Gasteiger partial charge < -0.3 is 15.3 Å². The Kier molecular flexibility index (Phi) is 7.63. The van der Waals surface area contributed by atoms with Gasteiger partial charge in [-0.1, -0.05) is 29.8 Å². The van der Waals surface area contributed by atoms with Crippen molar-refractivity contribution < 1.29 is 20.1 Å². The van der Waals surface area contributed by atoms with E-state index in [0.29, 0.717) is 24.5 Å². The molecule has 2 aliphatic carbocycles. The fraction of sp³-hybridized carbons (Fsp3) is 0.522.